The van der Waals surface area contributed by atoms with E-state index in [1.54, 1.807) is 0 Å². The smallest absolute Gasteiger partial charge is 0.313 e. The molecule has 0 radical (unpaired) electrons. The van der Waals surface area contributed by atoms with E-state index in [1.165, 1.54) is 26.4 Å². The van der Waals surface area contributed by atoms with Gasteiger partial charge in [-0.25, -0.2) is 9.97 Å². The number of hydrogen-bond acceptors (Lipinski definition) is 4. The van der Waals surface area contributed by atoms with Crippen molar-refractivity contribution in [2.75, 3.05) is 7.11 Å². The van der Waals surface area contributed by atoms with E-state index in [1.807, 2.05) is 13.0 Å². The highest BCUT2D eigenvalue weighted by Crippen LogP contribution is 2.35. The van der Waals surface area contributed by atoms with Crippen LogP contribution in [0.5, 0.6) is 0 Å². The summed E-state index contributed by atoms with van der Waals surface area (Å²) in [5.41, 5.74) is 2.01. The number of carbonyl (C=O) groups is 1. The summed E-state index contributed by atoms with van der Waals surface area (Å²) in [6, 6.07) is 2.02. The van der Waals surface area contributed by atoms with Crippen molar-refractivity contribution in [2.24, 2.45) is 0 Å². The van der Waals surface area contributed by atoms with Crippen LogP contribution in [0.4, 0.5) is 0 Å². The molecule has 0 saturated heterocycles. The SMILES string of the molecule is COC(=O)Cc1nc(C)cc(C2CCC2)n1. The van der Waals surface area contributed by atoms with Crippen LogP contribution in [-0.2, 0) is 16.0 Å². The van der Waals surface area contributed by atoms with E-state index < -0.39 is 0 Å². The highest BCUT2D eigenvalue weighted by atomic mass is 16.5. The van der Waals surface area contributed by atoms with Crippen LogP contribution in [-0.4, -0.2) is 23.0 Å². The molecule has 0 unspecified atom stereocenters. The second-order valence-corrected chi connectivity index (χ2v) is 4.23. The van der Waals surface area contributed by atoms with E-state index in [0.717, 1.165) is 11.4 Å². The number of aryl methyl sites for hydroxylation is 1. The Morgan fingerprint density at radius 2 is 2.25 bits per heavy atom. The molecule has 0 atom stereocenters. The van der Waals surface area contributed by atoms with Gasteiger partial charge in [-0.3, -0.25) is 4.79 Å². The largest absolute Gasteiger partial charge is 0.469 e. The molecule has 0 aliphatic heterocycles. The Morgan fingerprint density at radius 1 is 1.50 bits per heavy atom. The first kappa shape index (κ1) is 11.0. The van der Waals surface area contributed by atoms with Gasteiger partial charge in [-0.2, -0.15) is 0 Å². The van der Waals surface area contributed by atoms with Crippen LogP contribution >= 0.6 is 0 Å². The minimum atomic E-state index is -0.287. The van der Waals surface area contributed by atoms with Crippen molar-refractivity contribution in [2.45, 2.75) is 38.5 Å². The summed E-state index contributed by atoms with van der Waals surface area (Å²) >= 11 is 0. The summed E-state index contributed by atoms with van der Waals surface area (Å²) in [6.45, 7) is 1.94. The third kappa shape index (κ3) is 2.38. The Labute approximate surface area is 95.1 Å². The third-order valence-corrected chi connectivity index (χ3v) is 2.97. The average Bonchev–Trinajstić information content (AvgIpc) is 2.13. The molecule has 86 valence electrons. The Hall–Kier alpha value is -1.45. The maximum Gasteiger partial charge on any atom is 0.313 e. The molecule has 1 aromatic rings. The number of carbonyl (C=O) groups excluding carboxylic acids is 1. The van der Waals surface area contributed by atoms with Crippen LogP contribution in [0.3, 0.4) is 0 Å². The lowest BCUT2D eigenvalue weighted by molar-refractivity contribution is -0.139. The predicted molar refractivity (Wildman–Crippen MR) is 59.1 cm³/mol. The fourth-order valence-corrected chi connectivity index (χ4v) is 1.85. The maximum atomic E-state index is 11.2. The molecule has 1 aliphatic rings. The molecular weight excluding hydrogens is 204 g/mol. The molecule has 0 spiro atoms. The van der Waals surface area contributed by atoms with Gasteiger partial charge in [-0.05, 0) is 25.8 Å². The van der Waals surface area contributed by atoms with Gasteiger partial charge in [0.2, 0.25) is 0 Å². The molecule has 0 amide bonds. The lowest BCUT2D eigenvalue weighted by Crippen LogP contribution is -2.15. The molecule has 0 aromatic carbocycles. The van der Waals surface area contributed by atoms with Gasteiger partial charge in [0.15, 0.2) is 0 Å². The first-order valence-corrected chi connectivity index (χ1v) is 5.60. The quantitative estimate of drug-likeness (QED) is 0.728. The average molecular weight is 220 g/mol. The Kier molecular flexibility index (Phi) is 3.17. The minimum absolute atomic E-state index is 0.165. The van der Waals surface area contributed by atoms with Crippen LogP contribution in [0.2, 0.25) is 0 Å². The summed E-state index contributed by atoms with van der Waals surface area (Å²) in [4.78, 5) is 19.8. The zero-order chi connectivity index (χ0) is 11.5. The summed E-state index contributed by atoms with van der Waals surface area (Å²) in [5.74, 6) is 0.858. The van der Waals surface area contributed by atoms with E-state index in [-0.39, 0.29) is 12.4 Å². The molecule has 1 aromatic heterocycles. The van der Waals surface area contributed by atoms with Crippen molar-refractivity contribution >= 4 is 5.97 Å². The monoisotopic (exact) mass is 220 g/mol. The highest BCUT2D eigenvalue weighted by molar-refractivity contribution is 5.71. The molecule has 16 heavy (non-hydrogen) atoms. The summed E-state index contributed by atoms with van der Waals surface area (Å²) in [5, 5.41) is 0. The molecule has 4 nitrogen and oxygen atoms in total. The van der Waals surface area contributed by atoms with Gasteiger partial charge in [0.1, 0.15) is 12.2 Å². The minimum Gasteiger partial charge on any atom is -0.469 e. The molecule has 1 heterocycles. The van der Waals surface area contributed by atoms with Gasteiger partial charge in [-0.1, -0.05) is 6.42 Å². The maximum absolute atomic E-state index is 11.2. The number of nitrogens with zero attached hydrogens (tertiary/aromatic N) is 2. The lowest BCUT2D eigenvalue weighted by atomic mass is 9.82. The number of rotatable bonds is 3. The van der Waals surface area contributed by atoms with Crippen LogP contribution in [0.15, 0.2) is 6.07 Å². The number of ether oxygens (including phenoxy) is 1. The highest BCUT2D eigenvalue weighted by Gasteiger charge is 2.22. The Bertz CT molecular complexity index is 400. The number of aromatic nitrogens is 2. The molecule has 2 rings (SSSR count). The van der Waals surface area contributed by atoms with Crippen molar-refractivity contribution in [1.29, 1.82) is 0 Å². The van der Waals surface area contributed by atoms with Crippen molar-refractivity contribution < 1.29 is 9.53 Å². The molecule has 0 bridgehead atoms. The van der Waals surface area contributed by atoms with Crippen LogP contribution in [0, 0.1) is 6.92 Å². The summed E-state index contributed by atoms with van der Waals surface area (Å²) < 4.78 is 4.62. The Balaban J connectivity index is 2.18. The third-order valence-electron chi connectivity index (χ3n) is 2.97. The fraction of sp³-hybridized carbons (Fsp3) is 0.583. The number of esters is 1. The van der Waals surface area contributed by atoms with Crippen molar-refractivity contribution in [3.63, 3.8) is 0 Å². The second kappa shape index (κ2) is 4.60. The van der Waals surface area contributed by atoms with E-state index in [4.69, 9.17) is 0 Å². The van der Waals surface area contributed by atoms with Gasteiger partial charge in [0.25, 0.3) is 0 Å². The molecule has 4 heteroatoms. The summed E-state index contributed by atoms with van der Waals surface area (Å²) in [7, 11) is 1.38. The van der Waals surface area contributed by atoms with Gasteiger partial charge < -0.3 is 4.74 Å². The topological polar surface area (TPSA) is 52.1 Å². The zero-order valence-electron chi connectivity index (χ0n) is 9.69. The van der Waals surface area contributed by atoms with Gasteiger partial charge in [0, 0.05) is 17.3 Å². The first-order chi connectivity index (χ1) is 7.69. The lowest BCUT2D eigenvalue weighted by Gasteiger charge is -2.25. The second-order valence-electron chi connectivity index (χ2n) is 4.23. The Morgan fingerprint density at radius 3 is 2.81 bits per heavy atom. The van der Waals surface area contributed by atoms with Crippen molar-refractivity contribution in [1.82, 2.24) is 9.97 Å². The van der Waals surface area contributed by atoms with Crippen molar-refractivity contribution in [3.8, 4) is 0 Å². The molecule has 1 saturated carbocycles. The normalized spacial score (nSPS) is 15.6. The van der Waals surface area contributed by atoms with Crippen molar-refractivity contribution in [3.05, 3.63) is 23.3 Å². The van der Waals surface area contributed by atoms with E-state index in [2.05, 4.69) is 14.7 Å². The van der Waals surface area contributed by atoms with Gasteiger partial charge in [0.05, 0.1) is 7.11 Å². The van der Waals surface area contributed by atoms with Crippen LogP contribution < -0.4 is 0 Å². The van der Waals surface area contributed by atoms with E-state index in [0.29, 0.717) is 11.7 Å². The standard InChI is InChI=1S/C12H16N2O2/c1-8-6-10(9-4-3-5-9)14-11(13-8)7-12(15)16-2/h6,9H,3-5,7H2,1-2H3. The van der Waals surface area contributed by atoms with E-state index in [9.17, 15) is 4.79 Å². The fourth-order valence-electron chi connectivity index (χ4n) is 1.85. The predicted octanol–water partition coefficient (Wildman–Crippen LogP) is 1.77. The van der Waals surface area contributed by atoms with Gasteiger partial charge >= 0.3 is 5.97 Å². The molecule has 1 aliphatic carbocycles. The first-order valence-electron chi connectivity index (χ1n) is 5.60. The van der Waals surface area contributed by atoms with E-state index >= 15 is 0 Å². The zero-order valence-corrected chi connectivity index (χ0v) is 9.69. The molecular formula is C12H16N2O2. The van der Waals surface area contributed by atoms with Crippen LogP contribution in [0.1, 0.15) is 42.4 Å². The summed E-state index contributed by atoms with van der Waals surface area (Å²) in [6.07, 6.45) is 3.85. The molecule has 0 N–H and O–H groups in total. The number of methoxy groups -OCH3 is 1. The van der Waals surface area contributed by atoms with Gasteiger partial charge in [-0.15, -0.1) is 0 Å². The number of hydrogen-bond donors (Lipinski definition) is 0. The molecule has 1 fully saturated rings. The van der Waals surface area contributed by atoms with Crippen LogP contribution in [0.25, 0.3) is 0 Å².